The molecule has 15 heavy (non-hydrogen) atoms. The van der Waals surface area contributed by atoms with Gasteiger partial charge in [-0.15, -0.1) is 0 Å². The molecule has 0 saturated heterocycles. The largest absolute Gasteiger partial charge is 0.390 e. The molecule has 0 aromatic rings. The summed E-state index contributed by atoms with van der Waals surface area (Å²) in [7, 11) is 2.57. The molecular formula is C8H15F3N2O2. The number of halogens is 3. The number of carbonyl (C=O) groups is 1. The van der Waals surface area contributed by atoms with E-state index in [0.717, 1.165) is 4.90 Å². The topological polar surface area (TPSA) is 55.6 Å². The van der Waals surface area contributed by atoms with Gasteiger partial charge in [-0.2, -0.15) is 13.2 Å². The van der Waals surface area contributed by atoms with Crippen molar-refractivity contribution in [1.82, 2.24) is 4.90 Å². The van der Waals surface area contributed by atoms with E-state index in [0.29, 0.717) is 0 Å². The highest BCUT2D eigenvalue weighted by Gasteiger charge is 2.29. The highest BCUT2D eigenvalue weighted by molar-refractivity contribution is 5.80. The lowest BCUT2D eigenvalue weighted by Gasteiger charge is -2.22. The van der Waals surface area contributed by atoms with E-state index >= 15 is 0 Å². The van der Waals surface area contributed by atoms with Gasteiger partial charge in [-0.25, -0.2) is 0 Å². The maximum absolute atomic E-state index is 11.9. The summed E-state index contributed by atoms with van der Waals surface area (Å²) < 4.78 is 40.3. The molecule has 0 fully saturated rings. The number of ether oxygens (including phenoxy) is 1. The Labute approximate surface area is 86.2 Å². The van der Waals surface area contributed by atoms with Crippen LogP contribution in [0, 0.1) is 0 Å². The third-order valence-electron chi connectivity index (χ3n) is 1.88. The molecule has 0 spiro atoms. The summed E-state index contributed by atoms with van der Waals surface area (Å²) in [6.45, 7) is -0.437. The van der Waals surface area contributed by atoms with E-state index in [-0.39, 0.29) is 13.1 Å². The van der Waals surface area contributed by atoms with E-state index in [1.54, 1.807) is 0 Å². The van der Waals surface area contributed by atoms with Crippen molar-refractivity contribution in [3.63, 3.8) is 0 Å². The van der Waals surface area contributed by atoms with Crippen LogP contribution in [0.5, 0.6) is 0 Å². The summed E-state index contributed by atoms with van der Waals surface area (Å²) in [4.78, 5) is 12.3. The molecule has 0 aliphatic heterocycles. The normalized spacial score (nSPS) is 13.7. The predicted octanol–water partition coefficient (Wildman–Crippen LogP) is 0.371. The van der Waals surface area contributed by atoms with Gasteiger partial charge in [0, 0.05) is 27.2 Å². The minimum Gasteiger partial charge on any atom is -0.370 e. The molecule has 2 N–H and O–H groups in total. The van der Waals surface area contributed by atoms with Crippen LogP contribution in [0.1, 0.15) is 6.42 Å². The van der Waals surface area contributed by atoms with E-state index in [2.05, 4.69) is 0 Å². The second-order valence-corrected chi connectivity index (χ2v) is 3.09. The monoisotopic (exact) mass is 228 g/mol. The summed E-state index contributed by atoms with van der Waals surface area (Å²) in [5.74, 6) is -0.538. The van der Waals surface area contributed by atoms with Crippen molar-refractivity contribution in [1.29, 1.82) is 0 Å². The van der Waals surface area contributed by atoms with Crippen molar-refractivity contribution in [2.45, 2.75) is 18.7 Å². The van der Waals surface area contributed by atoms with Crippen LogP contribution in [-0.2, 0) is 9.53 Å². The fourth-order valence-electron chi connectivity index (χ4n) is 0.948. The first kappa shape index (κ1) is 14.2. The first-order chi connectivity index (χ1) is 6.81. The zero-order valence-corrected chi connectivity index (χ0v) is 8.67. The molecule has 4 nitrogen and oxygen atoms in total. The van der Waals surface area contributed by atoms with E-state index in [1.165, 1.54) is 14.2 Å². The predicted molar refractivity (Wildman–Crippen MR) is 48.2 cm³/mol. The zero-order chi connectivity index (χ0) is 12.1. The summed E-state index contributed by atoms with van der Waals surface area (Å²) in [5.41, 5.74) is 5.21. The molecule has 0 aliphatic rings. The van der Waals surface area contributed by atoms with Crippen molar-refractivity contribution < 1.29 is 22.7 Å². The molecule has 0 aliphatic carbocycles. The number of amides is 1. The highest BCUT2D eigenvalue weighted by atomic mass is 19.4. The Kier molecular flexibility index (Phi) is 5.59. The molecule has 0 radical (unpaired) electrons. The van der Waals surface area contributed by atoms with Gasteiger partial charge in [0.1, 0.15) is 6.10 Å². The van der Waals surface area contributed by atoms with Crippen LogP contribution >= 0.6 is 0 Å². The molecule has 0 aromatic carbocycles. The average molecular weight is 228 g/mol. The number of likely N-dealkylation sites (N-methyl/N-ethyl adjacent to an activating group) is 1. The van der Waals surface area contributed by atoms with Gasteiger partial charge in [0.25, 0.3) is 5.91 Å². The Bertz CT molecular complexity index is 205. The molecule has 90 valence electrons. The van der Waals surface area contributed by atoms with Gasteiger partial charge in [0.2, 0.25) is 0 Å². The molecule has 0 bridgehead atoms. The van der Waals surface area contributed by atoms with Gasteiger partial charge >= 0.3 is 6.18 Å². The quantitative estimate of drug-likeness (QED) is 0.739. The van der Waals surface area contributed by atoms with Gasteiger partial charge in [0.05, 0.1) is 6.42 Å². The lowest BCUT2D eigenvalue weighted by molar-refractivity contribution is -0.149. The zero-order valence-electron chi connectivity index (χ0n) is 8.67. The third kappa shape index (κ3) is 5.58. The van der Waals surface area contributed by atoms with E-state index in [1.807, 2.05) is 0 Å². The minimum atomic E-state index is -4.26. The molecule has 1 unspecified atom stereocenters. The number of hydrogen-bond donors (Lipinski definition) is 1. The number of rotatable bonds is 5. The van der Waals surface area contributed by atoms with Crippen LogP contribution in [0.3, 0.4) is 0 Å². The Morgan fingerprint density at radius 2 is 2.07 bits per heavy atom. The van der Waals surface area contributed by atoms with Crippen molar-refractivity contribution in [3.8, 4) is 0 Å². The number of hydrogen-bond acceptors (Lipinski definition) is 3. The van der Waals surface area contributed by atoms with Crippen LogP contribution in [0.15, 0.2) is 0 Å². The first-order valence-electron chi connectivity index (χ1n) is 4.36. The van der Waals surface area contributed by atoms with Crippen LogP contribution in [0.25, 0.3) is 0 Å². The van der Waals surface area contributed by atoms with Gasteiger partial charge in [-0.05, 0) is 0 Å². The summed E-state index contributed by atoms with van der Waals surface area (Å²) in [6, 6.07) is 0. The average Bonchev–Trinajstić information content (AvgIpc) is 2.14. The molecule has 7 heteroatoms. The van der Waals surface area contributed by atoms with Gasteiger partial charge in [0.15, 0.2) is 0 Å². The highest BCUT2D eigenvalue weighted by Crippen LogP contribution is 2.19. The summed E-state index contributed by atoms with van der Waals surface area (Å²) in [6.07, 6.45) is -6.17. The minimum absolute atomic E-state index is 0.0499. The second-order valence-electron chi connectivity index (χ2n) is 3.09. The molecule has 0 heterocycles. The van der Waals surface area contributed by atoms with Crippen LogP contribution in [0.2, 0.25) is 0 Å². The summed E-state index contributed by atoms with van der Waals surface area (Å²) >= 11 is 0. The van der Waals surface area contributed by atoms with Crippen molar-refractivity contribution in [2.75, 3.05) is 27.2 Å². The number of alkyl halides is 3. The van der Waals surface area contributed by atoms with Crippen LogP contribution in [-0.4, -0.2) is 50.3 Å². The first-order valence-corrected chi connectivity index (χ1v) is 4.36. The van der Waals surface area contributed by atoms with Gasteiger partial charge in [-0.3, -0.25) is 4.79 Å². The number of methoxy groups -OCH3 is 1. The Morgan fingerprint density at radius 3 is 2.40 bits per heavy atom. The fraction of sp³-hybridized carbons (Fsp3) is 0.875. The summed E-state index contributed by atoms with van der Waals surface area (Å²) in [5, 5.41) is 0. The van der Waals surface area contributed by atoms with Crippen molar-refractivity contribution >= 4 is 5.91 Å². The lowest BCUT2D eigenvalue weighted by atomic mass is 10.3. The standard InChI is InChI=1S/C8H15F3N2O2/c1-13(4-3-8(9,10)11)7(14)6(5-12)15-2/h6H,3-5,12H2,1-2H3. The van der Waals surface area contributed by atoms with E-state index < -0.39 is 24.6 Å². The molecule has 0 rings (SSSR count). The van der Waals surface area contributed by atoms with E-state index in [9.17, 15) is 18.0 Å². The van der Waals surface area contributed by atoms with Crippen molar-refractivity contribution in [2.24, 2.45) is 5.73 Å². The van der Waals surface area contributed by atoms with Gasteiger partial charge < -0.3 is 15.4 Å². The molecule has 0 aromatic heterocycles. The van der Waals surface area contributed by atoms with Crippen LogP contribution in [0.4, 0.5) is 13.2 Å². The van der Waals surface area contributed by atoms with Gasteiger partial charge in [-0.1, -0.05) is 0 Å². The molecule has 1 atom stereocenters. The van der Waals surface area contributed by atoms with Crippen LogP contribution < -0.4 is 5.73 Å². The third-order valence-corrected chi connectivity index (χ3v) is 1.88. The van der Waals surface area contributed by atoms with Crippen molar-refractivity contribution in [3.05, 3.63) is 0 Å². The molecular weight excluding hydrogens is 213 g/mol. The Hall–Kier alpha value is -0.820. The number of carbonyl (C=O) groups excluding carboxylic acids is 1. The lowest BCUT2D eigenvalue weighted by Crippen LogP contribution is -2.42. The smallest absolute Gasteiger partial charge is 0.370 e. The van der Waals surface area contributed by atoms with E-state index in [4.69, 9.17) is 10.5 Å². The second kappa shape index (κ2) is 5.92. The number of nitrogens with two attached hydrogens (primary N) is 1. The maximum Gasteiger partial charge on any atom is 0.390 e. The fourth-order valence-corrected chi connectivity index (χ4v) is 0.948. The SMILES string of the molecule is COC(CN)C(=O)N(C)CCC(F)(F)F. The maximum atomic E-state index is 11.9. The Morgan fingerprint density at radius 1 is 1.53 bits per heavy atom. The Balaban J connectivity index is 4.09. The molecule has 0 saturated carbocycles. The number of nitrogens with zero attached hydrogens (tertiary/aromatic N) is 1. The molecule has 1 amide bonds.